The van der Waals surface area contributed by atoms with E-state index in [0.717, 1.165) is 39.5 Å². The lowest BCUT2D eigenvalue weighted by Crippen LogP contribution is -2.24. The van der Waals surface area contributed by atoms with E-state index in [4.69, 9.17) is 0 Å². The van der Waals surface area contributed by atoms with E-state index in [-0.39, 0.29) is 0 Å². The Morgan fingerprint density at radius 3 is 1.63 bits per heavy atom. The molecule has 0 saturated heterocycles. The van der Waals surface area contributed by atoms with E-state index in [2.05, 4.69) is 162 Å². The van der Waals surface area contributed by atoms with Gasteiger partial charge in [0.2, 0.25) is 0 Å². The second-order valence-corrected chi connectivity index (χ2v) is 10.9. The fraction of sp³-hybridized carbons (Fsp3) is 0.100. The quantitative estimate of drug-likeness (QED) is 0.233. The van der Waals surface area contributed by atoms with Crippen molar-refractivity contribution in [1.29, 1.82) is 0 Å². The highest BCUT2D eigenvalue weighted by atomic mass is 15.3. The molecular formula is C40H35N3. The van der Waals surface area contributed by atoms with Crippen molar-refractivity contribution in [3.63, 3.8) is 0 Å². The second kappa shape index (κ2) is 10.8. The Bertz CT molecular complexity index is 2070. The van der Waals surface area contributed by atoms with E-state index in [0.29, 0.717) is 0 Å². The summed E-state index contributed by atoms with van der Waals surface area (Å²) in [5.41, 5.74) is 14.2. The van der Waals surface area contributed by atoms with Crippen LogP contribution in [-0.4, -0.2) is 4.98 Å². The lowest BCUT2D eigenvalue weighted by Gasteiger charge is -2.41. The van der Waals surface area contributed by atoms with Gasteiger partial charge in [0.05, 0.1) is 22.7 Å². The minimum absolute atomic E-state index is 1.13. The molecule has 1 aliphatic rings. The molecule has 0 fully saturated rings. The number of anilines is 6. The van der Waals surface area contributed by atoms with E-state index < -0.39 is 0 Å². The van der Waals surface area contributed by atoms with Gasteiger partial charge in [-0.3, -0.25) is 0 Å². The number of aromatic nitrogens is 1. The number of nitrogens with one attached hydrogen (secondary N) is 1. The minimum Gasteiger partial charge on any atom is -0.354 e. The van der Waals surface area contributed by atoms with Crippen LogP contribution in [0.1, 0.15) is 25.0 Å². The molecule has 210 valence electrons. The first kappa shape index (κ1) is 26.6. The Kier molecular flexibility index (Phi) is 6.71. The Hall–Kier alpha value is -5.28. The van der Waals surface area contributed by atoms with Crippen LogP contribution in [0, 0.1) is 13.8 Å². The number of H-pyrrole nitrogens is 1. The van der Waals surface area contributed by atoms with Crippen LogP contribution in [0.2, 0.25) is 0 Å². The lowest BCUT2D eigenvalue weighted by atomic mass is 9.93. The standard InChI is InChI=1S/C38H29N3.C2H6/c1-25-13-9-10-18-29(25)31-22-36-35(21-26(31)2)40(27-14-5-3-6-15-27)37-23-32-30-19-11-12-20-33(30)39-34(32)24-38(37)41(36)28-16-7-4-8-17-28;1-2/h3-24,39H,1-2H3;1-2H3. The van der Waals surface area contributed by atoms with Gasteiger partial charge in [-0.15, -0.1) is 0 Å². The highest BCUT2D eigenvalue weighted by molar-refractivity contribution is 6.13. The summed E-state index contributed by atoms with van der Waals surface area (Å²) in [7, 11) is 0. The highest BCUT2D eigenvalue weighted by Crippen LogP contribution is 2.56. The molecule has 0 bridgehead atoms. The van der Waals surface area contributed by atoms with Gasteiger partial charge in [-0.05, 0) is 90.7 Å². The van der Waals surface area contributed by atoms with Crippen molar-refractivity contribution >= 4 is 55.9 Å². The maximum atomic E-state index is 3.69. The van der Waals surface area contributed by atoms with Gasteiger partial charge in [-0.25, -0.2) is 0 Å². The molecule has 1 aliphatic heterocycles. The van der Waals surface area contributed by atoms with Crippen molar-refractivity contribution in [3.05, 3.63) is 145 Å². The van der Waals surface area contributed by atoms with Crippen molar-refractivity contribution in [2.24, 2.45) is 0 Å². The maximum Gasteiger partial charge on any atom is 0.0724 e. The fourth-order valence-electron chi connectivity index (χ4n) is 6.41. The summed E-state index contributed by atoms with van der Waals surface area (Å²) in [6.45, 7) is 8.43. The van der Waals surface area contributed by atoms with Gasteiger partial charge in [0.15, 0.2) is 0 Å². The third kappa shape index (κ3) is 4.36. The van der Waals surface area contributed by atoms with Gasteiger partial charge < -0.3 is 14.8 Å². The van der Waals surface area contributed by atoms with Crippen molar-refractivity contribution in [3.8, 4) is 11.1 Å². The molecule has 1 N–H and O–H groups in total. The van der Waals surface area contributed by atoms with E-state index in [9.17, 15) is 0 Å². The summed E-state index contributed by atoms with van der Waals surface area (Å²) in [5.74, 6) is 0. The molecule has 43 heavy (non-hydrogen) atoms. The molecule has 2 heterocycles. The zero-order chi connectivity index (χ0) is 29.5. The smallest absolute Gasteiger partial charge is 0.0724 e. The predicted octanol–water partition coefficient (Wildman–Crippen LogP) is 11.9. The first-order valence-electron chi connectivity index (χ1n) is 15.1. The normalized spacial score (nSPS) is 12.1. The number of hydrogen-bond acceptors (Lipinski definition) is 2. The molecule has 8 rings (SSSR count). The van der Waals surface area contributed by atoms with Gasteiger partial charge in [-0.1, -0.05) is 92.7 Å². The Labute approximate surface area is 253 Å². The number of para-hydroxylation sites is 3. The van der Waals surface area contributed by atoms with Crippen LogP contribution in [0.15, 0.2) is 133 Å². The largest absolute Gasteiger partial charge is 0.354 e. The summed E-state index contributed by atoms with van der Waals surface area (Å²) >= 11 is 0. The highest BCUT2D eigenvalue weighted by Gasteiger charge is 2.32. The van der Waals surface area contributed by atoms with E-state index in [1.165, 1.54) is 38.7 Å². The minimum atomic E-state index is 1.13. The number of aryl methyl sites for hydroxylation is 2. The first-order chi connectivity index (χ1) is 21.2. The van der Waals surface area contributed by atoms with Gasteiger partial charge in [-0.2, -0.15) is 0 Å². The predicted molar refractivity (Wildman–Crippen MR) is 185 cm³/mol. The van der Waals surface area contributed by atoms with Crippen molar-refractivity contribution in [2.45, 2.75) is 27.7 Å². The summed E-state index contributed by atoms with van der Waals surface area (Å²) in [6, 6.07) is 48.1. The molecule has 6 aromatic carbocycles. The SMILES string of the molecule is CC.Cc1ccccc1-c1cc2c(cc1C)N(c1ccccc1)c1cc3c(cc1N2c1ccccc1)[nH]c1ccccc13. The Morgan fingerprint density at radius 1 is 0.419 bits per heavy atom. The molecule has 0 atom stereocenters. The zero-order valence-electron chi connectivity index (χ0n) is 25.1. The number of aromatic amines is 1. The van der Waals surface area contributed by atoms with Crippen molar-refractivity contribution < 1.29 is 0 Å². The van der Waals surface area contributed by atoms with E-state index in [1.807, 2.05) is 13.8 Å². The summed E-state index contributed by atoms with van der Waals surface area (Å²) in [6.07, 6.45) is 0. The van der Waals surface area contributed by atoms with Crippen LogP contribution in [0.4, 0.5) is 34.1 Å². The Morgan fingerprint density at radius 2 is 0.953 bits per heavy atom. The number of hydrogen-bond donors (Lipinski definition) is 1. The zero-order valence-corrected chi connectivity index (χ0v) is 25.1. The van der Waals surface area contributed by atoms with Crippen molar-refractivity contribution in [1.82, 2.24) is 4.98 Å². The molecule has 3 nitrogen and oxygen atoms in total. The summed E-state index contributed by atoms with van der Waals surface area (Å²) in [5, 5.41) is 2.46. The van der Waals surface area contributed by atoms with Crippen LogP contribution in [0.3, 0.4) is 0 Å². The molecule has 0 aliphatic carbocycles. The lowest BCUT2D eigenvalue weighted by molar-refractivity contribution is 1.17. The summed E-state index contributed by atoms with van der Waals surface area (Å²) < 4.78 is 0. The van der Waals surface area contributed by atoms with E-state index >= 15 is 0 Å². The molecule has 3 heteroatoms. The molecular weight excluding hydrogens is 522 g/mol. The van der Waals surface area contributed by atoms with E-state index in [1.54, 1.807) is 0 Å². The average molecular weight is 558 g/mol. The second-order valence-electron chi connectivity index (χ2n) is 10.9. The number of benzene rings is 6. The van der Waals surface area contributed by atoms with Crippen LogP contribution < -0.4 is 9.80 Å². The van der Waals surface area contributed by atoms with Gasteiger partial charge in [0.1, 0.15) is 0 Å². The van der Waals surface area contributed by atoms with Crippen molar-refractivity contribution in [2.75, 3.05) is 9.80 Å². The molecule has 0 radical (unpaired) electrons. The van der Waals surface area contributed by atoms with Gasteiger partial charge in [0, 0.05) is 33.2 Å². The molecule has 0 saturated carbocycles. The number of rotatable bonds is 3. The molecule has 0 amide bonds. The van der Waals surface area contributed by atoms with Gasteiger partial charge in [0.25, 0.3) is 0 Å². The molecule has 0 spiro atoms. The van der Waals surface area contributed by atoms with Gasteiger partial charge >= 0.3 is 0 Å². The maximum absolute atomic E-state index is 3.69. The monoisotopic (exact) mass is 557 g/mol. The average Bonchev–Trinajstić information content (AvgIpc) is 3.42. The molecule has 7 aromatic rings. The topological polar surface area (TPSA) is 22.3 Å². The molecule has 0 unspecified atom stereocenters. The third-order valence-electron chi connectivity index (χ3n) is 8.35. The van der Waals surface area contributed by atoms with Crippen LogP contribution >= 0.6 is 0 Å². The fourth-order valence-corrected chi connectivity index (χ4v) is 6.41. The summed E-state index contributed by atoms with van der Waals surface area (Å²) in [4.78, 5) is 8.54. The van der Waals surface area contributed by atoms with Crippen LogP contribution in [-0.2, 0) is 0 Å². The third-order valence-corrected chi connectivity index (χ3v) is 8.35. The first-order valence-corrected chi connectivity index (χ1v) is 15.1. The Balaban J connectivity index is 0.00000147. The number of fused-ring (bicyclic) bond motifs is 5. The molecule has 1 aromatic heterocycles. The number of nitrogens with zero attached hydrogens (tertiary/aromatic N) is 2. The van der Waals surface area contributed by atoms with Crippen LogP contribution in [0.5, 0.6) is 0 Å². The van der Waals surface area contributed by atoms with Crippen LogP contribution in [0.25, 0.3) is 32.9 Å².